The molecule has 17 heavy (non-hydrogen) atoms. The van der Waals surface area contributed by atoms with E-state index in [9.17, 15) is 0 Å². The number of nitrogens with two attached hydrogens (primary N) is 2. The molecule has 0 amide bonds. The van der Waals surface area contributed by atoms with Crippen molar-refractivity contribution in [2.75, 3.05) is 11.6 Å². The highest BCUT2D eigenvalue weighted by Gasteiger charge is 2.16. The van der Waals surface area contributed by atoms with E-state index >= 15 is 0 Å². The normalized spacial score (nSPS) is 11.1. The maximum absolute atomic E-state index is 5.98. The van der Waals surface area contributed by atoms with Crippen LogP contribution in [-0.2, 0) is 0 Å². The minimum absolute atomic E-state index is 0.242. The summed E-state index contributed by atoms with van der Waals surface area (Å²) in [4.78, 5) is 4.51. The second kappa shape index (κ2) is 4.41. The summed E-state index contributed by atoms with van der Waals surface area (Å²) < 4.78 is 2.48. The van der Waals surface area contributed by atoms with Crippen LogP contribution in [0.25, 0.3) is 11.3 Å². The molecule has 0 radical (unpaired) electrons. The lowest BCUT2D eigenvalue weighted by Crippen LogP contribution is -2.16. The van der Waals surface area contributed by atoms with Gasteiger partial charge in [-0.15, -0.1) is 0 Å². The van der Waals surface area contributed by atoms with Crippen molar-refractivity contribution in [3.8, 4) is 11.3 Å². The van der Waals surface area contributed by atoms with Crippen LogP contribution >= 0.6 is 15.9 Å². The van der Waals surface area contributed by atoms with Gasteiger partial charge in [0.1, 0.15) is 11.5 Å². The van der Waals surface area contributed by atoms with Crippen LogP contribution in [0.5, 0.6) is 0 Å². The van der Waals surface area contributed by atoms with Gasteiger partial charge in [0.2, 0.25) is 0 Å². The van der Waals surface area contributed by atoms with Gasteiger partial charge in [-0.3, -0.25) is 0 Å². The molecule has 0 aliphatic carbocycles. The SMILES string of the molecule is CC(C)c1nc(-c2ccc(Br)cc2)c(N)n1N. The summed E-state index contributed by atoms with van der Waals surface area (Å²) in [6, 6.07) is 7.85. The van der Waals surface area contributed by atoms with Crippen molar-refractivity contribution in [1.29, 1.82) is 0 Å². The molecule has 0 atom stereocenters. The predicted molar refractivity (Wildman–Crippen MR) is 74.0 cm³/mol. The van der Waals surface area contributed by atoms with Gasteiger partial charge in [0.25, 0.3) is 0 Å². The fourth-order valence-electron chi connectivity index (χ4n) is 1.69. The lowest BCUT2D eigenvalue weighted by molar-refractivity contribution is 0.739. The highest BCUT2D eigenvalue weighted by atomic mass is 79.9. The monoisotopic (exact) mass is 294 g/mol. The van der Waals surface area contributed by atoms with Crippen molar-refractivity contribution in [3.63, 3.8) is 0 Å². The molecule has 1 aromatic carbocycles. The Morgan fingerprint density at radius 2 is 1.82 bits per heavy atom. The molecule has 0 bridgehead atoms. The minimum Gasteiger partial charge on any atom is -0.382 e. The lowest BCUT2D eigenvalue weighted by Gasteiger charge is -2.04. The van der Waals surface area contributed by atoms with E-state index in [1.807, 2.05) is 38.1 Å². The standard InChI is InChI=1S/C12H15BrN4/c1-7(2)12-16-10(11(14)17(12)15)8-3-5-9(13)6-4-8/h3-7H,14-15H2,1-2H3. The van der Waals surface area contributed by atoms with Gasteiger partial charge in [0, 0.05) is 16.0 Å². The Labute approximate surface area is 109 Å². The summed E-state index contributed by atoms with van der Waals surface area (Å²) in [5, 5.41) is 0. The first-order valence-electron chi connectivity index (χ1n) is 5.40. The molecule has 90 valence electrons. The summed E-state index contributed by atoms with van der Waals surface area (Å²) in [6.07, 6.45) is 0. The van der Waals surface area contributed by atoms with Gasteiger partial charge in [0.05, 0.1) is 0 Å². The van der Waals surface area contributed by atoms with Crippen LogP contribution in [0.1, 0.15) is 25.6 Å². The van der Waals surface area contributed by atoms with E-state index in [0.717, 1.165) is 21.6 Å². The summed E-state index contributed by atoms with van der Waals surface area (Å²) >= 11 is 3.40. The highest BCUT2D eigenvalue weighted by molar-refractivity contribution is 9.10. The molecule has 0 aliphatic heterocycles. The molecule has 1 heterocycles. The number of hydrogen-bond donors (Lipinski definition) is 2. The molecule has 5 heteroatoms. The Bertz CT molecular complexity index is 528. The number of anilines is 1. The lowest BCUT2D eigenvalue weighted by atomic mass is 10.1. The van der Waals surface area contributed by atoms with Crippen molar-refractivity contribution < 1.29 is 0 Å². The van der Waals surface area contributed by atoms with Crippen LogP contribution in [-0.4, -0.2) is 9.66 Å². The van der Waals surface area contributed by atoms with Gasteiger partial charge in [-0.25, -0.2) is 9.66 Å². The summed E-state index contributed by atoms with van der Waals surface area (Å²) in [5.74, 6) is 7.42. The topological polar surface area (TPSA) is 69.9 Å². The van der Waals surface area contributed by atoms with Gasteiger partial charge in [0.15, 0.2) is 5.82 Å². The fraction of sp³-hybridized carbons (Fsp3) is 0.250. The average molecular weight is 295 g/mol. The average Bonchev–Trinajstić information content (AvgIpc) is 2.58. The van der Waals surface area contributed by atoms with Crippen molar-refractivity contribution in [2.24, 2.45) is 0 Å². The second-order valence-corrected chi connectivity index (χ2v) is 5.15. The Hall–Kier alpha value is -1.49. The van der Waals surface area contributed by atoms with E-state index in [0.29, 0.717) is 5.82 Å². The molecule has 4 N–H and O–H groups in total. The van der Waals surface area contributed by atoms with E-state index in [2.05, 4.69) is 20.9 Å². The van der Waals surface area contributed by atoms with Gasteiger partial charge in [-0.1, -0.05) is 41.9 Å². The summed E-state index contributed by atoms with van der Waals surface area (Å²) in [6.45, 7) is 4.08. The predicted octanol–water partition coefficient (Wildman–Crippen LogP) is 2.73. The molecule has 0 fully saturated rings. The zero-order chi connectivity index (χ0) is 12.6. The Morgan fingerprint density at radius 3 is 2.29 bits per heavy atom. The van der Waals surface area contributed by atoms with Crippen LogP contribution < -0.4 is 11.6 Å². The van der Waals surface area contributed by atoms with Crippen molar-refractivity contribution in [3.05, 3.63) is 34.6 Å². The summed E-state index contributed by atoms with van der Waals surface area (Å²) in [7, 11) is 0. The summed E-state index contributed by atoms with van der Waals surface area (Å²) in [5.41, 5.74) is 7.68. The van der Waals surface area contributed by atoms with Crippen molar-refractivity contribution in [2.45, 2.75) is 19.8 Å². The Morgan fingerprint density at radius 1 is 1.24 bits per heavy atom. The zero-order valence-corrected chi connectivity index (χ0v) is 11.4. The molecule has 0 saturated carbocycles. The largest absolute Gasteiger partial charge is 0.382 e. The zero-order valence-electron chi connectivity index (χ0n) is 9.81. The molecular weight excluding hydrogens is 280 g/mol. The van der Waals surface area contributed by atoms with Crippen LogP contribution in [0.4, 0.5) is 5.82 Å². The van der Waals surface area contributed by atoms with Gasteiger partial charge < -0.3 is 11.6 Å². The number of benzene rings is 1. The third-order valence-electron chi connectivity index (χ3n) is 2.61. The molecule has 2 rings (SSSR count). The number of nitrogens with zero attached hydrogens (tertiary/aromatic N) is 2. The quantitative estimate of drug-likeness (QED) is 0.837. The van der Waals surface area contributed by atoms with E-state index < -0.39 is 0 Å². The smallest absolute Gasteiger partial charge is 0.150 e. The first-order valence-corrected chi connectivity index (χ1v) is 6.19. The molecule has 0 spiro atoms. The molecular formula is C12H15BrN4. The number of halogens is 1. The fourth-order valence-corrected chi connectivity index (χ4v) is 1.95. The third kappa shape index (κ3) is 2.15. The highest BCUT2D eigenvalue weighted by Crippen LogP contribution is 2.28. The van der Waals surface area contributed by atoms with Gasteiger partial charge >= 0.3 is 0 Å². The maximum atomic E-state index is 5.98. The first kappa shape index (κ1) is 12.0. The van der Waals surface area contributed by atoms with Gasteiger partial charge in [-0.05, 0) is 12.1 Å². The molecule has 1 aromatic heterocycles. The van der Waals surface area contributed by atoms with E-state index in [4.69, 9.17) is 11.6 Å². The van der Waals surface area contributed by atoms with Crippen molar-refractivity contribution in [1.82, 2.24) is 9.66 Å². The van der Waals surface area contributed by atoms with Crippen LogP contribution in [0.3, 0.4) is 0 Å². The molecule has 0 saturated heterocycles. The van der Waals surface area contributed by atoms with Crippen LogP contribution in [0.15, 0.2) is 28.7 Å². The van der Waals surface area contributed by atoms with Crippen molar-refractivity contribution >= 4 is 21.7 Å². The van der Waals surface area contributed by atoms with Gasteiger partial charge in [-0.2, -0.15) is 0 Å². The Kier molecular flexibility index (Phi) is 3.11. The second-order valence-electron chi connectivity index (χ2n) is 4.24. The Balaban J connectivity index is 2.53. The number of nitrogen functional groups attached to an aromatic ring is 2. The van der Waals surface area contributed by atoms with E-state index in [-0.39, 0.29) is 5.92 Å². The molecule has 2 aromatic rings. The number of hydrogen-bond acceptors (Lipinski definition) is 3. The first-order chi connectivity index (χ1) is 8.00. The van der Waals surface area contributed by atoms with E-state index in [1.54, 1.807) is 0 Å². The molecule has 0 unspecified atom stereocenters. The van der Waals surface area contributed by atoms with Crippen LogP contribution in [0.2, 0.25) is 0 Å². The minimum atomic E-state index is 0.242. The third-order valence-corrected chi connectivity index (χ3v) is 3.14. The molecule has 4 nitrogen and oxygen atoms in total. The maximum Gasteiger partial charge on any atom is 0.150 e. The molecule has 0 aliphatic rings. The van der Waals surface area contributed by atoms with Crippen LogP contribution in [0, 0.1) is 0 Å². The number of rotatable bonds is 2. The van der Waals surface area contributed by atoms with E-state index in [1.165, 1.54) is 4.68 Å². The number of imidazole rings is 1. The number of aromatic nitrogens is 2.